The highest BCUT2D eigenvalue weighted by Gasteiger charge is 2.18. The summed E-state index contributed by atoms with van der Waals surface area (Å²) in [6.45, 7) is 0.602. The number of pyridine rings is 1. The second kappa shape index (κ2) is 9.87. The number of benzene rings is 2. The van der Waals surface area contributed by atoms with Gasteiger partial charge in [0, 0.05) is 42.0 Å². The minimum atomic E-state index is -3.55. The van der Waals surface area contributed by atoms with E-state index < -0.39 is 10.0 Å². The van der Waals surface area contributed by atoms with Crippen LogP contribution in [0.2, 0.25) is 0 Å². The molecule has 0 radical (unpaired) electrons. The highest BCUT2D eigenvalue weighted by Crippen LogP contribution is 2.35. The normalized spacial score (nSPS) is 11.6. The summed E-state index contributed by atoms with van der Waals surface area (Å²) < 4.78 is 34.9. The Morgan fingerprint density at radius 1 is 1.00 bits per heavy atom. The molecule has 0 saturated carbocycles. The summed E-state index contributed by atoms with van der Waals surface area (Å²) in [7, 11) is -1.90. The molecule has 0 aliphatic carbocycles. The van der Waals surface area contributed by atoms with Crippen molar-refractivity contribution in [2.24, 2.45) is 0 Å². The third kappa shape index (κ3) is 4.90. The van der Waals surface area contributed by atoms with Gasteiger partial charge in [0.15, 0.2) is 4.96 Å². The Kier molecular flexibility index (Phi) is 6.49. The number of rotatable bonds is 9. The standard InChI is InChI=1S/C25H23N5O3S2/c1-33-20-7-5-6-18(16-20)23-24(30-14-15-34-25(30)29-23)19-10-11-26-22(17-19)27-12-13-28-35(31,32)21-8-3-2-4-9-21/h2-11,14-17,28H,12-13H2,1H3,(H,26,27). The first-order valence-corrected chi connectivity index (χ1v) is 13.3. The van der Waals surface area contributed by atoms with Gasteiger partial charge in [0.1, 0.15) is 11.6 Å². The van der Waals surface area contributed by atoms with E-state index in [9.17, 15) is 8.42 Å². The fraction of sp³-hybridized carbons (Fsp3) is 0.120. The van der Waals surface area contributed by atoms with Crippen LogP contribution < -0.4 is 14.8 Å². The van der Waals surface area contributed by atoms with Crippen molar-refractivity contribution in [3.05, 3.63) is 84.5 Å². The second-order valence-electron chi connectivity index (χ2n) is 7.66. The number of nitrogens with one attached hydrogen (secondary N) is 2. The van der Waals surface area contributed by atoms with Crippen molar-refractivity contribution < 1.29 is 13.2 Å². The predicted octanol–water partition coefficient (Wildman–Crippen LogP) is 4.52. The Morgan fingerprint density at radius 2 is 1.86 bits per heavy atom. The summed E-state index contributed by atoms with van der Waals surface area (Å²) >= 11 is 1.57. The van der Waals surface area contributed by atoms with Gasteiger partial charge in [-0.05, 0) is 36.4 Å². The van der Waals surface area contributed by atoms with Crippen LogP contribution in [0.15, 0.2) is 89.4 Å². The lowest BCUT2D eigenvalue weighted by molar-refractivity contribution is 0.415. The van der Waals surface area contributed by atoms with Crippen molar-refractivity contribution in [1.82, 2.24) is 19.1 Å². The van der Waals surface area contributed by atoms with Gasteiger partial charge in [-0.15, -0.1) is 11.3 Å². The molecule has 0 aliphatic heterocycles. The SMILES string of the molecule is COc1cccc(-c2nc3sccn3c2-c2ccnc(NCCNS(=O)(=O)c3ccccc3)c2)c1. The molecule has 5 rings (SSSR count). The number of imidazole rings is 1. The summed E-state index contributed by atoms with van der Waals surface area (Å²) in [6.07, 6.45) is 3.73. The van der Waals surface area contributed by atoms with Crippen molar-refractivity contribution in [2.45, 2.75) is 4.90 Å². The van der Waals surface area contributed by atoms with Gasteiger partial charge in [-0.3, -0.25) is 4.40 Å². The zero-order valence-electron chi connectivity index (χ0n) is 18.9. The van der Waals surface area contributed by atoms with Crippen LogP contribution in [-0.4, -0.2) is 43.0 Å². The van der Waals surface area contributed by atoms with Crippen molar-refractivity contribution in [3.63, 3.8) is 0 Å². The summed E-state index contributed by atoms with van der Waals surface area (Å²) in [5, 5.41) is 5.21. The molecule has 10 heteroatoms. The van der Waals surface area contributed by atoms with Crippen molar-refractivity contribution in [1.29, 1.82) is 0 Å². The van der Waals surface area contributed by atoms with Crippen LogP contribution in [0.1, 0.15) is 0 Å². The molecule has 3 heterocycles. The van der Waals surface area contributed by atoms with Crippen LogP contribution in [-0.2, 0) is 10.0 Å². The smallest absolute Gasteiger partial charge is 0.240 e. The average Bonchev–Trinajstić information content (AvgIpc) is 3.49. The highest BCUT2D eigenvalue weighted by atomic mass is 32.2. The molecule has 0 atom stereocenters. The van der Waals surface area contributed by atoms with Crippen molar-refractivity contribution in [2.75, 3.05) is 25.5 Å². The lowest BCUT2D eigenvalue weighted by Gasteiger charge is -2.10. The van der Waals surface area contributed by atoms with E-state index in [1.807, 2.05) is 48.0 Å². The van der Waals surface area contributed by atoms with Gasteiger partial charge >= 0.3 is 0 Å². The third-order valence-corrected chi connectivity index (χ3v) is 7.65. The number of nitrogens with zero attached hydrogens (tertiary/aromatic N) is 3. The Hall–Kier alpha value is -3.73. The molecule has 8 nitrogen and oxygen atoms in total. The number of anilines is 1. The predicted molar refractivity (Wildman–Crippen MR) is 138 cm³/mol. The number of sulfonamides is 1. The Balaban J connectivity index is 1.36. The van der Waals surface area contributed by atoms with Crippen molar-refractivity contribution >= 4 is 32.1 Å². The lowest BCUT2D eigenvalue weighted by atomic mass is 10.1. The van der Waals surface area contributed by atoms with E-state index in [0.717, 1.165) is 33.2 Å². The number of aromatic nitrogens is 3. The average molecular weight is 506 g/mol. The van der Waals surface area contributed by atoms with Gasteiger partial charge in [0.25, 0.3) is 0 Å². The minimum Gasteiger partial charge on any atom is -0.497 e. The first-order chi connectivity index (χ1) is 17.0. The lowest BCUT2D eigenvalue weighted by Crippen LogP contribution is -2.29. The van der Waals surface area contributed by atoms with Crippen molar-refractivity contribution in [3.8, 4) is 28.3 Å². The van der Waals surface area contributed by atoms with E-state index in [4.69, 9.17) is 9.72 Å². The molecule has 0 unspecified atom stereocenters. The summed E-state index contributed by atoms with van der Waals surface area (Å²) in [5.41, 5.74) is 3.70. The monoisotopic (exact) mass is 505 g/mol. The molecule has 35 heavy (non-hydrogen) atoms. The molecule has 0 saturated heterocycles. The molecule has 2 aromatic carbocycles. The maximum absolute atomic E-state index is 12.4. The van der Waals surface area contributed by atoms with Crippen LogP contribution in [0.5, 0.6) is 5.75 Å². The minimum absolute atomic E-state index is 0.222. The Bertz CT molecular complexity index is 1560. The zero-order chi connectivity index (χ0) is 24.3. The summed E-state index contributed by atoms with van der Waals surface area (Å²) in [5.74, 6) is 1.41. The van der Waals surface area contributed by atoms with E-state index in [1.165, 1.54) is 0 Å². The van der Waals surface area contributed by atoms with Crippen LogP contribution in [0.4, 0.5) is 5.82 Å². The van der Waals surface area contributed by atoms with Gasteiger partial charge in [-0.25, -0.2) is 23.1 Å². The molecular weight excluding hydrogens is 482 g/mol. The number of methoxy groups -OCH3 is 1. The maximum atomic E-state index is 12.4. The molecule has 0 aliphatic rings. The van der Waals surface area contributed by atoms with Crippen LogP contribution in [0.3, 0.4) is 0 Å². The fourth-order valence-corrected chi connectivity index (χ4v) is 5.53. The number of ether oxygens (including phenoxy) is 1. The quantitative estimate of drug-likeness (QED) is 0.286. The van der Waals surface area contributed by atoms with E-state index in [0.29, 0.717) is 12.4 Å². The van der Waals surface area contributed by atoms with Gasteiger partial charge in [0.2, 0.25) is 10.0 Å². The molecular formula is C25H23N5O3S2. The fourth-order valence-electron chi connectivity index (χ4n) is 3.77. The molecule has 0 amide bonds. The summed E-state index contributed by atoms with van der Waals surface area (Å²) in [6, 6.07) is 20.0. The van der Waals surface area contributed by atoms with Gasteiger partial charge in [-0.2, -0.15) is 0 Å². The van der Waals surface area contributed by atoms with E-state index in [2.05, 4.69) is 19.4 Å². The number of hydrogen-bond donors (Lipinski definition) is 2. The first-order valence-electron chi connectivity index (χ1n) is 10.9. The van der Waals surface area contributed by atoms with Gasteiger partial charge < -0.3 is 10.1 Å². The molecule has 178 valence electrons. The topological polar surface area (TPSA) is 97.6 Å². The van der Waals surface area contributed by atoms with Crippen LogP contribution in [0.25, 0.3) is 27.5 Å². The number of thiazole rings is 1. The van der Waals surface area contributed by atoms with Gasteiger partial charge in [-0.1, -0.05) is 30.3 Å². The zero-order valence-corrected chi connectivity index (χ0v) is 20.5. The number of hydrogen-bond acceptors (Lipinski definition) is 7. The largest absolute Gasteiger partial charge is 0.497 e. The van der Waals surface area contributed by atoms with Crippen LogP contribution in [0, 0.1) is 0 Å². The second-order valence-corrected chi connectivity index (χ2v) is 10.3. The molecule has 0 bridgehead atoms. The Morgan fingerprint density at radius 3 is 2.69 bits per heavy atom. The number of fused-ring (bicyclic) bond motifs is 1. The van der Waals surface area contributed by atoms with E-state index in [-0.39, 0.29) is 11.4 Å². The molecule has 0 fully saturated rings. The first kappa shape index (κ1) is 23.0. The molecule has 3 aromatic heterocycles. The van der Waals surface area contributed by atoms with E-state index >= 15 is 0 Å². The highest BCUT2D eigenvalue weighted by molar-refractivity contribution is 7.89. The molecule has 5 aromatic rings. The van der Waals surface area contributed by atoms with Crippen LogP contribution >= 0.6 is 11.3 Å². The van der Waals surface area contributed by atoms with Gasteiger partial charge in [0.05, 0.1) is 23.4 Å². The maximum Gasteiger partial charge on any atom is 0.240 e. The Labute approximate surface area is 207 Å². The molecule has 0 spiro atoms. The third-order valence-electron chi connectivity index (χ3n) is 5.42. The molecule has 2 N–H and O–H groups in total. The summed E-state index contributed by atoms with van der Waals surface area (Å²) in [4.78, 5) is 10.4. The van der Waals surface area contributed by atoms with E-state index in [1.54, 1.807) is 55.0 Å².